The lowest BCUT2D eigenvalue weighted by Crippen LogP contribution is -2.45. The van der Waals surface area contributed by atoms with E-state index in [1.165, 1.54) is 24.3 Å². The Kier molecular flexibility index (Phi) is 6.16. The summed E-state index contributed by atoms with van der Waals surface area (Å²) in [6.07, 6.45) is 2.93. The van der Waals surface area contributed by atoms with E-state index in [1.807, 2.05) is 0 Å². The second-order valence-electron chi connectivity index (χ2n) is 4.14. The molecule has 0 aromatic carbocycles. The molecular weight excluding hydrogens is 186 g/mol. The Hall–Kier alpha value is -0.220. The van der Waals surface area contributed by atoms with Gasteiger partial charge in [0.05, 0.1) is 27.1 Å². The Bertz CT molecular complexity index is 143. The van der Waals surface area contributed by atoms with Gasteiger partial charge < -0.3 is 14.4 Å². The molecule has 0 amide bonds. The van der Waals surface area contributed by atoms with E-state index in [0.29, 0.717) is 4.48 Å². The van der Waals surface area contributed by atoms with E-state index in [0.717, 1.165) is 0 Å². The van der Waals surface area contributed by atoms with Gasteiger partial charge in [0, 0.05) is 0 Å². The maximum absolute atomic E-state index is 9.89. The van der Waals surface area contributed by atoms with Gasteiger partial charge in [-0.3, -0.25) is 0 Å². The van der Waals surface area contributed by atoms with E-state index in [2.05, 4.69) is 11.8 Å². The minimum absolute atomic E-state index is 0.0694. The predicted molar refractivity (Wildman–Crippen MR) is 54.5 cm³/mol. The first-order chi connectivity index (χ1) is 5.92. The molecule has 1 aliphatic heterocycles. The molecule has 1 fully saturated rings. The third kappa shape index (κ3) is 11.8. The maximum atomic E-state index is 9.89. The summed E-state index contributed by atoms with van der Waals surface area (Å²) in [6, 6.07) is 0. The number of aliphatic carboxylic acids is 1. The lowest BCUT2D eigenvalue weighted by atomic mass is 10.4. The van der Waals surface area contributed by atoms with Gasteiger partial charge in [-0.2, -0.15) is 11.8 Å². The normalized spacial score (nSPS) is 16.2. The number of hydrogen-bond donors (Lipinski definition) is 0. The number of rotatable bonds is 2. The van der Waals surface area contributed by atoms with Crippen LogP contribution < -0.4 is 5.11 Å². The largest absolute Gasteiger partial charge is 0.544 e. The SMILES string of the molecule is C1CCSC1.C[N+](C)(C)CC(=O)[O-]. The summed E-state index contributed by atoms with van der Waals surface area (Å²) in [4.78, 5) is 9.89. The fourth-order valence-electron chi connectivity index (χ4n) is 0.898. The van der Waals surface area contributed by atoms with Crippen LogP contribution in [-0.2, 0) is 4.79 Å². The Balaban J connectivity index is 0.000000243. The number of thioether (sulfide) groups is 1. The highest BCUT2D eigenvalue weighted by molar-refractivity contribution is 7.99. The highest BCUT2D eigenvalue weighted by atomic mass is 32.2. The zero-order valence-corrected chi connectivity index (χ0v) is 9.52. The first kappa shape index (κ1) is 12.8. The maximum Gasteiger partial charge on any atom is 0.118 e. The summed E-state index contributed by atoms with van der Waals surface area (Å²) in [6.45, 7) is 0.0694. The van der Waals surface area contributed by atoms with Crippen molar-refractivity contribution in [3.63, 3.8) is 0 Å². The molecular formula is C9H19NO2S. The van der Waals surface area contributed by atoms with Crippen molar-refractivity contribution in [2.75, 3.05) is 39.2 Å². The third-order valence-electron chi connectivity index (χ3n) is 1.43. The minimum Gasteiger partial charge on any atom is -0.544 e. The topological polar surface area (TPSA) is 40.1 Å². The van der Waals surface area contributed by atoms with E-state index < -0.39 is 5.97 Å². The quantitative estimate of drug-likeness (QED) is 0.594. The monoisotopic (exact) mass is 205 g/mol. The first-order valence-corrected chi connectivity index (χ1v) is 5.65. The third-order valence-corrected chi connectivity index (χ3v) is 2.59. The number of carboxylic acid groups (broad SMARTS) is 1. The summed E-state index contributed by atoms with van der Waals surface area (Å²) >= 11 is 2.07. The highest BCUT2D eigenvalue weighted by Gasteiger charge is 2.04. The molecule has 0 spiro atoms. The van der Waals surface area contributed by atoms with Crippen LogP contribution in [0.3, 0.4) is 0 Å². The number of hydrogen-bond acceptors (Lipinski definition) is 3. The molecule has 78 valence electrons. The Labute approximate surface area is 84.7 Å². The van der Waals surface area contributed by atoms with E-state index in [1.54, 1.807) is 21.1 Å². The van der Waals surface area contributed by atoms with Crippen LogP contribution >= 0.6 is 11.8 Å². The smallest absolute Gasteiger partial charge is 0.118 e. The second kappa shape index (κ2) is 6.27. The summed E-state index contributed by atoms with van der Waals surface area (Å²) in [5.41, 5.74) is 0. The molecule has 1 heterocycles. The first-order valence-electron chi connectivity index (χ1n) is 4.50. The van der Waals surface area contributed by atoms with Crippen molar-refractivity contribution in [3.8, 4) is 0 Å². The van der Waals surface area contributed by atoms with Gasteiger partial charge in [0.15, 0.2) is 0 Å². The van der Waals surface area contributed by atoms with Crippen molar-refractivity contribution in [2.24, 2.45) is 0 Å². The van der Waals surface area contributed by atoms with E-state index in [4.69, 9.17) is 0 Å². The molecule has 1 rings (SSSR count). The van der Waals surface area contributed by atoms with Crippen molar-refractivity contribution >= 4 is 17.7 Å². The van der Waals surface area contributed by atoms with Crippen molar-refractivity contribution in [1.29, 1.82) is 0 Å². The summed E-state index contributed by atoms with van der Waals surface area (Å²) in [5, 5.41) is 9.89. The predicted octanol–water partition coefficient (Wildman–Crippen LogP) is -0.0441. The molecule has 3 nitrogen and oxygen atoms in total. The number of likely N-dealkylation sites (N-methyl/N-ethyl adjacent to an activating group) is 1. The Morgan fingerprint density at radius 2 is 1.77 bits per heavy atom. The van der Waals surface area contributed by atoms with Crippen LogP contribution in [0, 0.1) is 0 Å². The standard InChI is InChI=1S/C5H11NO2.C4H8S/c1-6(2,3)4-5(7)8;1-2-4-5-3-1/h4H2,1-3H3;1-4H2. The number of quaternary nitrogens is 1. The lowest BCUT2D eigenvalue weighted by molar-refractivity contribution is -0.864. The van der Waals surface area contributed by atoms with Gasteiger partial charge >= 0.3 is 0 Å². The number of carbonyl (C=O) groups excluding carboxylic acids is 1. The van der Waals surface area contributed by atoms with Crippen molar-refractivity contribution in [1.82, 2.24) is 0 Å². The number of carbonyl (C=O) groups is 1. The number of nitrogens with zero attached hydrogens (tertiary/aromatic N) is 1. The molecule has 0 N–H and O–H groups in total. The molecule has 13 heavy (non-hydrogen) atoms. The molecule has 0 aromatic heterocycles. The molecule has 1 saturated heterocycles. The van der Waals surface area contributed by atoms with Crippen LogP contribution in [0.4, 0.5) is 0 Å². The molecule has 1 aliphatic rings. The van der Waals surface area contributed by atoms with Gasteiger partial charge in [-0.15, -0.1) is 0 Å². The summed E-state index contributed by atoms with van der Waals surface area (Å²) in [7, 11) is 5.40. The molecule has 0 aliphatic carbocycles. The molecule has 0 saturated carbocycles. The summed E-state index contributed by atoms with van der Waals surface area (Å²) in [5.74, 6) is 1.83. The van der Waals surface area contributed by atoms with Crippen molar-refractivity contribution in [3.05, 3.63) is 0 Å². The van der Waals surface area contributed by atoms with Gasteiger partial charge in [-0.05, 0) is 24.3 Å². The van der Waals surface area contributed by atoms with E-state index in [9.17, 15) is 9.90 Å². The Morgan fingerprint density at radius 3 is 1.85 bits per heavy atom. The van der Waals surface area contributed by atoms with E-state index in [-0.39, 0.29) is 6.54 Å². The fourth-order valence-corrected chi connectivity index (χ4v) is 1.92. The van der Waals surface area contributed by atoms with Crippen molar-refractivity contribution in [2.45, 2.75) is 12.8 Å². The minimum atomic E-state index is -1.00. The van der Waals surface area contributed by atoms with Crippen LogP contribution in [0.1, 0.15) is 12.8 Å². The van der Waals surface area contributed by atoms with Gasteiger partial charge in [0.25, 0.3) is 0 Å². The van der Waals surface area contributed by atoms with Crippen LogP contribution in [0.5, 0.6) is 0 Å². The van der Waals surface area contributed by atoms with Crippen LogP contribution in [0.2, 0.25) is 0 Å². The van der Waals surface area contributed by atoms with Crippen LogP contribution in [0.15, 0.2) is 0 Å². The van der Waals surface area contributed by atoms with Gasteiger partial charge in [-0.1, -0.05) is 0 Å². The molecule has 0 unspecified atom stereocenters. The fraction of sp³-hybridized carbons (Fsp3) is 0.889. The van der Waals surface area contributed by atoms with Crippen molar-refractivity contribution < 1.29 is 14.4 Å². The average molecular weight is 205 g/mol. The van der Waals surface area contributed by atoms with Gasteiger partial charge in [0.1, 0.15) is 6.54 Å². The van der Waals surface area contributed by atoms with E-state index >= 15 is 0 Å². The molecule has 0 bridgehead atoms. The zero-order chi connectivity index (χ0) is 10.3. The lowest BCUT2D eigenvalue weighted by Gasteiger charge is -2.23. The molecule has 4 heteroatoms. The number of carboxylic acids is 1. The molecule has 0 aromatic rings. The molecule has 0 atom stereocenters. The Morgan fingerprint density at radius 1 is 1.31 bits per heavy atom. The average Bonchev–Trinajstić information content (AvgIpc) is 2.33. The molecule has 0 radical (unpaired) electrons. The summed E-state index contributed by atoms with van der Waals surface area (Å²) < 4.78 is 0.419. The van der Waals surface area contributed by atoms with Crippen LogP contribution in [-0.4, -0.2) is 49.6 Å². The second-order valence-corrected chi connectivity index (χ2v) is 5.36. The van der Waals surface area contributed by atoms with Gasteiger partial charge in [0.2, 0.25) is 0 Å². The van der Waals surface area contributed by atoms with Crippen LogP contribution in [0.25, 0.3) is 0 Å². The zero-order valence-electron chi connectivity index (χ0n) is 8.71. The van der Waals surface area contributed by atoms with Gasteiger partial charge in [-0.25, -0.2) is 0 Å². The highest BCUT2D eigenvalue weighted by Crippen LogP contribution is 2.14.